The highest BCUT2D eigenvalue weighted by Crippen LogP contribution is 2.32. The van der Waals surface area contributed by atoms with Crippen molar-refractivity contribution in [3.05, 3.63) is 150 Å². The molecular weight excluding hydrogens is 544 g/mol. The van der Waals surface area contributed by atoms with Crippen LogP contribution in [-0.4, -0.2) is 27.9 Å². The Morgan fingerprint density at radius 2 is 1.27 bits per heavy atom. The van der Waals surface area contributed by atoms with E-state index in [1.165, 1.54) is 0 Å². The van der Waals surface area contributed by atoms with Crippen molar-refractivity contribution < 1.29 is 9.53 Å². The van der Waals surface area contributed by atoms with E-state index in [0.29, 0.717) is 12.2 Å². The third-order valence-corrected chi connectivity index (χ3v) is 7.65. The molecule has 6 aromatic rings. The van der Waals surface area contributed by atoms with Crippen LogP contribution in [-0.2, 0) is 0 Å². The van der Waals surface area contributed by atoms with Crippen LogP contribution in [0.4, 0.5) is 0 Å². The summed E-state index contributed by atoms with van der Waals surface area (Å²) in [6, 6.07) is 42.6. The minimum absolute atomic E-state index is 0.271. The van der Waals surface area contributed by atoms with Gasteiger partial charge < -0.3 is 13.9 Å². The van der Waals surface area contributed by atoms with Crippen LogP contribution >= 0.6 is 0 Å². The molecule has 0 spiro atoms. The second-order valence-corrected chi connectivity index (χ2v) is 10.5. The molecule has 0 saturated carbocycles. The van der Waals surface area contributed by atoms with Crippen molar-refractivity contribution in [2.75, 3.05) is 6.61 Å². The van der Waals surface area contributed by atoms with Gasteiger partial charge in [-0.25, -0.2) is 5.43 Å². The lowest BCUT2D eigenvalue weighted by atomic mass is 10.1. The predicted octanol–water partition coefficient (Wildman–Crippen LogP) is 8.38. The Balaban J connectivity index is 1.21. The molecule has 0 aliphatic carbocycles. The Morgan fingerprint density at radius 1 is 0.727 bits per heavy atom. The van der Waals surface area contributed by atoms with Crippen LogP contribution in [0.3, 0.4) is 0 Å². The third kappa shape index (κ3) is 5.83. The van der Waals surface area contributed by atoms with Crippen molar-refractivity contribution in [1.82, 2.24) is 14.6 Å². The van der Waals surface area contributed by atoms with Gasteiger partial charge in [0, 0.05) is 33.9 Å². The van der Waals surface area contributed by atoms with Gasteiger partial charge in [0.2, 0.25) is 0 Å². The summed E-state index contributed by atoms with van der Waals surface area (Å²) in [7, 11) is 0. The Morgan fingerprint density at radius 3 is 1.84 bits per heavy atom. The number of carbonyl (C=O) groups excluding carboxylic acids is 1. The quantitative estimate of drug-likeness (QED) is 0.138. The van der Waals surface area contributed by atoms with E-state index in [0.717, 1.165) is 56.6 Å². The number of aryl methyl sites for hydroxylation is 1. The number of aromatic nitrogens is 2. The van der Waals surface area contributed by atoms with Gasteiger partial charge in [-0.1, -0.05) is 60.7 Å². The number of benzene rings is 4. The van der Waals surface area contributed by atoms with Crippen molar-refractivity contribution in [3.8, 4) is 39.6 Å². The fourth-order valence-electron chi connectivity index (χ4n) is 5.54. The van der Waals surface area contributed by atoms with Crippen LogP contribution in [0.2, 0.25) is 0 Å². The van der Waals surface area contributed by atoms with E-state index in [2.05, 4.69) is 69.0 Å². The van der Waals surface area contributed by atoms with Crippen molar-refractivity contribution in [1.29, 1.82) is 0 Å². The Kier molecular flexibility index (Phi) is 8.23. The van der Waals surface area contributed by atoms with Gasteiger partial charge in [-0.2, -0.15) is 5.10 Å². The highest BCUT2D eigenvalue weighted by atomic mass is 16.5. The summed E-state index contributed by atoms with van der Waals surface area (Å²) < 4.78 is 9.96. The highest BCUT2D eigenvalue weighted by molar-refractivity contribution is 5.95. The number of nitrogens with one attached hydrogen (secondary N) is 1. The lowest BCUT2D eigenvalue weighted by Gasteiger charge is -2.15. The van der Waals surface area contributed by atoms with Crippen molar-refractivity contribution in [2.45, 2.75) is 20.8 Å². The molecule has 0 unspecified atom stereocenters. The molecule has 0 fully saturated rings. The molecule has 0 radical (unpaired) electrons. The minimum Gasteiger partial charge on any atom is -0.494 e. The zero-order valence-corrected chi connectivity index (χ0v) is 25.1. The first-order chi connectivity index (χ1) is 21.5. The highest BCUT2D eigenvalue weighted by Gasteiger charge is 2.15. The molecule has 218 valence electrons. The lowest BCUT2D eigenvalue weighted by molar-refractivity contribution is 0.0955. The maximum absolute atomic E-state index is 13.0. The van der Waals surface area contributed by atoms with Gasteiger partial charge in [0.05, 0.1) is 24.2 Å². The molecule has 0 aliphatic heterocycles. The zero-order valence-electron chi connectivity index (χ0n) is 25.1. The zero-order chi connectivity index (χ0) is 30.5. The average molecular weight is 579 g/mol. The molecule has 0 aliphatic rings. The van der Waals surface area contributed by atoms with Crippen LogP contribution in [0.25, 0.3) is 33.9 Å². The molecule has 1 N–H and O–H groups in total. The number of carbonyl (C=O) groups is 1. The van der Waals surface area contributed by atoms with E-state index < -0.39 is 0 Å². The second-order valence-electron chi connectivity index (χ2n) is 10.5. The summed E-state index contributed by atoms with van der Waals surface area (Å²) in [5, 5.41) is 4.28. The van der Waals surface area contributed by atoms with Gasteiger partial charge >= 0.3 is 0 Å². The predicted molar refractivity (Wildman–Crippen MR) is 178 cm³/mol. The Hall–Kier alpha value is -5.62. The molecule has 2 aromatic heterocycles. The van der Waals surface area contributed by atoms with Gasteiger partial charge in [-0.3, -0.25) is 4.79 Å². The van der Waals surface area contributed by atoms with Crippen molar-refractivity contribution >= 4 is 12.1 Å². The van der Waals surface area contributed by atoms with E-state index in [1.807, 2.05) is 98.8 Å². The standard InChI is InChI=1S/C38H34N4O2/c1-4-44-35-21-19-33(20-22-35)41-27(2)25-32(28(41)3)26-39-40-38(43)31-15-17-34(18-16-31)42-36(29-11-7-5-8-12-29)23-24-37(42)30-13-9-6-10-14-30/h5-26H,4H2,1-3H3,(H,40,43)/b39-26-. The maximum Gasteiger partial charge on any atom is 0.271 e. The van der Waals surface area contributed by atoms with Gasteiger partial charge in [0.25, 0.3) is 5.91 Å². The molecular formula is C38H34N4O2. The first-order valence-electron chi connectivity index (χ1n) is 14.7. The first kappa shape index (κ1) is 28.5. The largest absolute Gasteiger partial charge is 0.494 e. The van der Waals surface area contributed by atoms with Crippen LogP contribution in [0.1, 0.15) is 34.2 Å². The first-order valence-corrected chi connectivity index (χ1v) is 14.7. The smallest absolute Gasteiger partial charge is 0.271 e. The SMILES string of the molecule is CCOc1ccc(-n2c(C)cc(/C=N\NC(=O)c3ccc(-n4c(-c5ccccc5)ccc4-c4ccccc4)cc3)c2C)cc1. The van der Waals surface area contributed by atoms with Gasteiger partial charge in [-0.05, 0) is 98.6 Å². The molecule has 6 heteroatoms. The normalized spacial score (nSPS) is 11.2. The van der Waals surface area contributed by atoms with Crippen LogP contribution in [0, 0.1) is 13.8 Å². The average Bonchev–Trinajstić information content (AvgIpc) is 3.63. The third-order valence-electron chi connectivity index (χ3n) is 7.65. The summed E-state index contributed by atoms with van der Waals surface area (Å²) >= 11 is 0. The van der Waals surface area contributed by atoms with Gasteiger partial charge in [0.1, 0.15) is 5.75 Å². The molecule has 0 atom stereocenters. The molecule has 2 heterocycles. The van der Waals surface area contributed by atoms with E-state index in [4.69, 9.17) is 4.74 Å². The van der Waals surface area contributed by atoms with Gasteiger partial charge in [0.15, 0.2) is 0 Å². The molecule has 6 nitrogen and oxygen atoms in total. The van der Waals surface area contributed by atoms with E-state index in [1.54, 1.807) is 6.21 Å². The molecule has 4 aromatic carbocycles. The van der Waals surface area contributed by atoms with Crippen molar-refractivity contribution in [3.63, 3.8) is 0 Å². The molecule has 1 amide bonds. The summed E-state index contributed by atoms with van der Waals surface area (Å²) in [4.78, 5) is 13.0. The number of rotatable bonds is 9. The summed E-state index contributed by atoms with van der Waals surface area (Å²) in [5.41, 5.74) is 12.7. The number of amides is 1. The van der Waals surface area contributed by atoms with Crippen LogP contribution in [0.15, 0.2) is 132 Å². The number of hydrogen-bond acceptors (Lipinski definition) is 3. The topological polar surface area (TPSA) is 60.5 Å². The van der Waals surface area contributed by atoms with E-state index in [-0.39, 0.29) is 5.91 Å². The second kappa shape index (κ2) is 12.7. The summed E-state index contributed by atoms with van der Waals surface area (Å²) in [6.45, 7) is 6.70. The fraction of sp³-hybridized carbons (Fsp3) is 0.105. The Labute approximate surface area is 257 Å². The summed E-state index contributed by atoms with van der Waals surface area (Å²) in [6.07, 6.45) is 1.69. The van der Waals surface area contributed by atoms with Crippen LogP contribution < -0.4 is 10.2 Å². The van der Waals surface area contributed by atoms with Crippen molar-refractivity contribution in [2.24, 2.45) is 5.10 Å². The molecule has 6 rings (SSSR count). The molecule has 0 bridgehead atoms. The summed E-state index contributed by atoms with van der Waals surface area (Å²) in [5.74, 6) is 0.574. The number of hydrogen-bond donors (Lipinski definition) is 1. The number of nitrogens with zero attached hydrogens (tertiary/aromatic N) is 3. The maximum atomic E-state index is 13.0. The molecule has 0 saturated heterocycles. The minimum atomic E-state index is -0.271. The fourth-order valence-corrected chi connectivity index (χ4v) is 5.54. The van der Waals surface area contributed by atoms with E-state index in [9.17, 15) is 4.79 Å². The lowest BCUT2D eigenvalue weighted by Crippen LogP contribution is -2.17. The number of hydrazone groups is 1. The number of ether oxygens (including phenoxy) is 1. The monoisotopic (exact) mass is 578 g/mol. The van der Waals surface area contributed by atoms with E-state index >= 15 is 0 Å². The molecule has 44 heavy (non-hydrogen) atoms. The van der Waals surface area contributed by atoms with Gasteiger partial charge in [-0.15, -0.1) is 0 Å². The van der Waals surface area contributed by atoms with Crippen LogP contribution in [0.5, 0.6) is 5.75 Å². The Bertz CT molecular complexity index is 1840.